The number of rotatable bonds is 6. The van der Waals surface area contributed by atoms with E-state index in [2.05, 4.69) is 29.0 Å². The first-order valence-electron chi connectivity index (χ1n) is 11.8. The van der Waals surface area contributed by atoms with Gasteiger partial charge >= 0.3 is 0 Å². The molecule has 0 saturated carbocycles. The van der Waals surface area contributed by atoms with Gasteiger partial charge in [0.1, 0.15) is 28.6 Å². The van der Waals surface area contributed by atoms with Gasteiger partial charge in [-0.2, -0.15) is 0 Å². The van der Waals surface area contributed by atoms with E-state index in [4.69, 9.17) is 15.5 Å². The molecule has 7 nitrogen and oxygen atoms in total. The maximum atomic E-state index is 12.6. The third-order valence-corrected chi connectivity index (χ3v) is 6.28. The lowest BCUT2D eigenvalue weighted by molar-refractivity contribution is -0.126. The van der Waals surface area contributed by atoms with Gasteiger partial charge in [-0.15, -0.1) is 0 Å². The first kappa shape index (κ1) is 22.5. The van der Waals surface area contributed by atoms with Crippen LogP contribution in [0.15, 0.2) is 67.0 Å². The molecule has 1 saturated heterocycles. The van der Waals surface area contributed by atoms with Crippen LogP contribution in [0.1, 0.15) is 37.2 Å². The van der Waals surface area contributed by atoms with Crippen LogP contribution in [-0.2, 0) is 11.2 Å². The number of fused-ring (bicyclic) bond motifs is 1. The molecule has 1 aliphatic heterocycles. The molecule has 2 aromatic heterocycles. The number of amides is 1. The van der Waals surface area contributed by atoms with Gasteiger partial charge in [0.2, 0.25) is 0 Å². The highest BCUT2D eigenvalue weighted by Gasteiger charge is 2.33. The topological polar surface area (TPSA) is 85.8 Å². The number of anilines is 1. The summed E-state index contributed by atoms with van der Waals surface area (Å²) in [7, 11) is 0. The molecule has 1 atom stereocenters. The molecule has 0 bridgehead atoms. The first-order valence-corrected chi connectivity index (χ1v) is 11.8. The Labute approximate surface area is 204 Å². The van der Waals surface area contributed by atoms with Gasteiger partial charge in [-0.25, -0.2) is 9.97 Å². The third kappa shape index (κ3) is 4.56. The highest BCUT2D eigenvalue weighted by atomic mass is 16.5. The molecule has 176 valence electrons. The van der Waals surface area contributed by atoms with Gasteiger partial charge < -0.3 is 15.4 Å². The molecule has 1 fully saturated rings. The molecule has 7 heteroatoms. The second-order valence-corrected chi connectivity index (χ2v) is 8.49. The van der Waals surface area contributed by atoms with Crippen LogP contribution >= 0.6 is 0 Å². The molecule has 4 aromatic rings. The fourth-order valence-electron chi connectivity index (χ4n) is 4.62. The molecule has 35 heavy (non-hydrogen) atoms. The lowest BCUT2D eigenvalue weighted by atomic mass is 10.1. The molecule has 3 heterocycles. The average molecular weight is 466 g/mol. The van der Waals surface area contributed by atoms with Gasteiger partial charge in [0.15, 0.2) is 0 Å². The predicted octanol–water partition coefficient (Wildman–Crippen LogP) is 4.29. The maximum Gasteiger partial charge on any atom is 0.299 e. The van der Waals surface area contributed by atoms with E-state index in [9.17, 15) is 4.79 Å². The van der Waals surface area contributed by atoms with Crippen LogP contribution in [0.2, 0.25) is 0 Å². The van der Waals surface area contributed by atoms with Crippen molar-refractivity contribution in [3.05, 3.63) is 78.4 Å². The monoisotopic (exact) mass is 465 g/mol. The van der Waals surface area contributed by atoms with E-state index in [1.54, 1.807) is 18.0 Å². The third-order valence-electron chi connectivity index (χ3n) is 6.28. The summed E-state index contributed by atoms with van der Waals surface area (Å²) in [5, 5.41) is 0. The smallest absolute Gasteiger partial charge is 0.299 e. The molecule has 0 aliphatic carbocycles. The number of likely N-dealkylation sites (tertiary alicyclic amines) is 1. The summed E-state index contributed by atoms with van der Waals surface area (Å²) in [6.07, 6.45) is 6.09. The van der Waals surface area contributed by atoms with Gasteiger partial charge in [-0.3, -0.25) is 9.20 Å². The largest absolute Gasteiger partial charge is 0.493 e. The number of hydrogen-bond donors (Lipinski definition) is 1. The summed E-state index contributed by atoms with van der Waals surface area (Å²) in [5.74, 6) is 7.17. The molecular formula is C28H27N5O2. The van der Waals surface area contributed by atoms with Gasteiger partial charge in [0.25, 0.3) is 5.91 Å². The molecule has 2 aromatic carbocycles. The Bertz CT molecular complexity index is 1400. The molecule has 0 spiro atoms. The number of nitrogens with zero attached hydrogens (tertiary/aromatic N) is 4. The van der Waals surface area contributed by atoms with Crippen molar-refractivity contribution in [1.29, 1.82) is 0 Å². The number of carbonyl (C=O) groups excluding carboxylic acids is 1. The number of ether oxygens (including phenoxy) is 1. The Kier molecular flexibility index (Phi) is 6.36. The number of imidazole rings is 1. The van der Waals surface area contributed by atoms with E-state index in [0.29, 0.717) is 19.0 Å². The fourth-order valence-corrected chi connectivity index (χ4v) is 4.62. The normalized spacial score (nSPS) is 15.1. The van der Waals surface area contributed by atoms with E-state index >= 15 is 0 Å². The standard InChI is InChI=1S/C28H27N5O2/c1-2-7-24(34)32-17-6-10-23(32)28-31-25(26-27(29)30-16-18-33(26)28)21-11-13-22(14-12-21)35-19-15-20-8-4-3-5-9-20/h3-5,8-9,11-14,16,18,23H,6,10,15,17,19H2,1H3,(H2,29,30). The minimum Gasteiger partial charge on any atom is -0.493 e. The van der Waals surface area contributed by atoms with Crippen LogP contribution in [0.3, 0.4) is 0 Å². The van der Waals surface area contributed by atoms with Crippen LogP contribution in [0.5, 0.6) is 5.75 Å². The number of nitrogens with two attached hydrogens (primary N) is 1. The van der Waals surface area contributed by atoms with Crippen LogP contribution < -0.4 is 10.5 Å². The van der Waals surface area contributed by atoms with Crippen molar-refractivity contribution in [2.45, 2.75) is 32.2 Å². The van der Waals surface area contributed by atoms with Crippen molar-refractivity contribution in [1.82, 2.24) is 19.3 Å². The number of hydrogen-bond acceptors (Lipinski definition) is 5. The second-order valence-electron chi connectivity index (χ2n) is 8.49. The average Bonchev–Trinajstić information content (AvgIpc) is 3.51. The molecule has 2 N–H and O–H groups in total. The Hall–Kier alpha value is -4.31. The summed E-state index contributed by atoms with van der Waals surface area (Å²) < 4.78 is 7.90. The van der Waals surface area contributed by atoms with Gasteiger partial charge in [-0.1, -0.05) is 36.3 Å². The van der Waals surface area contributed by atoms with Gasteiger partial charge in [0, 0.05) is 30.9 Å². The molecule has 1 unspecified atom stereocenters. The van der Waals surface area contributed by atoms with Crippen molar-refractivity contribution in [2.75, 3.05) is 18.9 Å². The van der Waals surface area contributed by atoms with Gasteiger partial charge in [0.05, 0.1) is 12.6 Å². The van der Waals surface area contributed by atoms with Crippen LogP contribution in [0, 0.1) is 11.8 Å². The Morgan fingerprint density at radius 3 is 2.74 bits per heavy atom. The first-order chi connectivity index (χ1) is 17.2. The van der Waals surface area contributed by atoms with E-state index in [0.717, 1.165) is 47.6 Å². The lowest BCUT2D eigenvalue weighted by Crippen LogP contribution is -2.30. The molecule has 0 radical (unpaired) electrons. The Balaban J connectivity index is 1.42. The Morgan fingerprint density at radius 1 is 1.17 bits per heavy atom. The number of aromatic nitrogens is 3. The van der Waals surface area contributed by atoms with E-state index < -0.39 is 0 Å². The van der Waals surface area contributed by atoms with E-state index in [-0.39, 0.29) is 11.9 Å². The SMILES string of the molecule is CC#CC(=O)N1CCCC1c1nc(-c2ccc(OCCc3ccccc3)cc2)c2c(N)nccn12. The molecule has 1 aliphatic rings. The molecule has 5 rings (SSSR count). The Morgan fingerprint density at radius 2 is 1.97 bits per heavy atom. The quantitative estimate of drug-likeness (QED) is 0.430. The van der Waals surface area contributed by atoms with Crippen LogP contribution in [0.25, 0.3) is 16.8 Å². The lowest BCUT2D eigenvalue weighted by Gasteiger charge is -2.21. The molecular weight excluding hydrogens is 438 g/mol. The fraction of sp³-hybridized carbons (Fsp3) is 0.250. The van der Waals surface area contributed by atoms with Crippen molar-refractivity contribution >= 4 is 17.2 Å². The zero-order valence-corrected chi connectivity index (χ0v) is 19.6. The highest BCUT2D eigenvalue weighted by molar-refractivity contribution is 5.94. The molecule has 1 amide bonds. The maximum absolute atomic E-state index is 12.6. The summed E-state index contributed by atoms with van der Waals surface area (Å²) >= 11 is 0. The highest BCUT2D eigenvalue weighted by Crippen LogP contribution is 2.36. The minimum absolute atomic E-state index is 0.160. The summed E-state index contributed by atoms with van der Waals surface area (Å²) in [6, 6.07) is 18.0. The van der Waals surface area contributed by atoms with Crippen LogP contribution in [-0.4, -0.2) is 38.3 Å². The summed E-state index contributed by atoms with van der Waals surface area (Å²) in [5.41, 5.74) is 9.93. The zero-order chi connectivity index (χ0) is 24.2. The number of benzene rings is 2. The van der Waals surface area contributed by atoms with Crippen molar-refractivity contribution in [3.8, 4) is 28.8 Å². The number of nitrogen functional groups attached to an aromatic ring is 1. The number of carbonyl (C=O) groups is 1. The second kappa shape index (κ2) is 9.90. The van der Waals surface area contributed by atoms with Crippen molar-refractivity contribution in [3.63, 3.8) is 0 Å². The predicted molar refractivity (Wildman–Crippen MR) is 136 cm³/mol. The van der Waals surface area contributed by atoms with Crippen molar-refractivity contribution < 1.29 is 9.53 Å². The van der Waals surface area contributed by atoms with E-state index in [1.807, 2.05) is 53.1 Å². The van der Waals surface area contributed by atoms with E-state index in [1.165, 1.54) is 5.56 Å². The summed E-state index contributed by atoms with van der Waals surface area (Å²) in [6.45, 7) is 2.94. The van der Waals surface area contributed by atoms with Crippen molar-refractivity contribution in [2.24, 2.45) is 0 Å². The minimum atomic E-state index is -0.174. The van der Waals surface area contributed by atoms with Gasteiger partial charge in [-0.05, 0) is 55.5 Å². The van der Waals surface area contributed by atoms with Crippen LogP contribution in [0.4, 0.5) is 5.82 Å². The zero-order valence-electron chi connectivity index (χ0n) is 19.6. The summed E-state index contributed by atoms with van der Waals surface area (Å²) in [4.78, 5) is 23.7.